The maximum Gasteiger partial charge on any atom is 0.308 e. The van der Waals surface area contributed by atoms with E-state index in [9.17, 15) is 4.79 Å². The van der Waals surface area contributed by atoms with E-state index in [1.165, 1.54) is 6.92 Å². The number of esters is 1. The van der Waals surface area contributed by atoms with E-state index in [1.807, 2.05) is 32.1 Å². The minimum absolute atomic E-state index is 0.284. The molecular formula is C12H18O2. The Balaban J connectivity index is 4.86. The summed E-state index contributed by atoms with van der Waals surface area (Å²) in [6, 6.07) is 0. The fraction of sp³-hybridized carbons (Fsp3) is 0.417. The van der Waals surface area contributed by atoms with Gasteiger partial charge in [-0.15, -0.1) is 6.58 Å². The van der Waals surface area contributed by atoms with E-state index < -0.39 is 0 Å². The van der Waals surface area contributed by atoms with Gasteiger partial charge in [-0.3, -0.25) is 4.79 Å². The van der Waals surface area contributed by atoms with Crippen molar-refractivity contribution >= 4 is 5.97 Å². The van der Waals surface area contributed by atoms with Crippen molar-refractivity contribution in [3.8, 4) is 0 Å². The zero-order valence-electron chi connectivity index (χ0n) is 9.17. The maximum absolute atomic E-state index is 10.8. The van der Waals surface area contributed by atoms with Gasteiger partial charge in [-0.1, -0.05) is 19.1 Å². The molecule has 0 atom stereocenters. The third-order valence-corrected chi connectivity index (χ3v) is 1.74. The molecule has 0 saturated carbocycles. The van der Waals surface area contributed by atoms with Crippen molar-refractivity contribution < 1.29 is 9.53 Å². The highest BCUT2D eigenvalue weighted by Gasteiger charge is 2.04. The SMILES string of the molecule is C=CC/C(CC)=C(/C=C\C)OC(C)=O. The number of ether oxygens (including phenoxy) is 1. The number of carbonyl (C=O) groups excluding carboxylic acids is 1. The van der Waals surface area contributed by atoms with Crippen LogP contribution in [-0.4, -0.2) is 5.97 Å². The van der Waals surface area contributed by atoms with E-state index in [-0.39, 0.29) is 5.97 Å². The summed E-state index contributed by atoms with van der Waals surface area (Å²) in [7, 11) is 0. The topological polar surface area (TPSA) is 26.3 Å². The summed E-state index contributed by atoms with van der Waals surface area (Å²) in [4.78, 5) is 10.8. The Bertz CT molecular complexity index is 259. The Labute approximate surface area is 86.0 Å². The van der Waals surface area contributed by atoms with Crippen molar-refractivity contribution in [1.29, 1.82) is 0 Å². The first-order valence-corrected chi connectivity index (χ1v) is 4.79. The number of hydrogen-bond donors (Lipinski definition) is 0. The Hall–Kier alpha value is -1.31. The summed E-state index contributed by atoms with van der Waals surface area (Å²) in [5.41, 5.74) is 1.09. The summed E-state index contributed by atoms with van der Waals surface area (Å²) in [5, 5.41) is 0. The molecule has 2 heteroatoms. The van der Waals surface area contributed by atoms with Crippen LogP contribution in [0.2, 0.25) is 0 Å². The monoisotopic (exact) mass is 194 g/mol. The van der Waals surface area contributed by atoms with Crippen molar-refractivity contribution in [2.45, 2.75) is 33.6 Å². The van der Waals surface area contributed by atoms with Gasteiger partial charge in [0.25, 0.3) is 0 Å². The third-order valence-electron chi connectivity index (χ3n) is 1.74. The van der Waals surface area contributed by atoms with Crippen LogP contribution in [0.5, 0.6) is 0 Å². The van der Waals surface area contributed by atoms with E-state index in [2.05, 4.69) is 6.58 Å². The molecule has 0 unspecified atom stereocenters. The number of allylic oxidation sites excluding steroid dienone is 4. The van der Waals surface area contributed by atoms with E-state index in [0.29, 0.717) is 5.76 Å². The molecule has 0 aromatic heterocycles. The van der Waals surface area contributed by atoms with Crippen LogP contribution in [0.1, 0.15) is 33.6 Å². The van der Waals surface area contributed by atoms with Gasteiger partial charge in [-0.25, -0.2) is 0 Å². The lowest BCUT2D eigenvalue weighted by Crippen LogP contribution is -2.00. The molecule has 0 bridgehead atoms. The highest BCUT2D eigenvalue weighted by Crippen LogP contribution is 2.16. The Morgan fingerprint density at radius 3 is 2.50 bits per heavy atom. The fourth-order valence-corrected chi connectivity index (χ4v) is 1.12. The van der Waals surface area contributed by atoms with E-state index in [0.717, 1.165) is 18.4 Å². The van der Waals surface area contributed by atoms with Crippen molar-refractivity contribution in [2.75, 3.05) is 0 Å². The van der Waals surface area contributed by atoms with Crippen LogP contribution < -0.4 is 0 Å². The van der Waals surface area contributed by atoms with E-state index in [1.54, 1.807) is 0 Å². The van der Waals surface area contributed by atoms with Crippen molar-refractivity contribution in [3.63, 3.8) is 0 Å². The van der Waals surface area contributed by atoms with Gasteiger partial charge >= 0.3 is 5.97 Å². The average Bonchev–Trinajstić information content (AvgIpc) is 2.13. The third kappa shape index (κ3) is 4.65. The van der Waals surface area contributed by atoms with Crippen molar-refractivity contribution in [1.82, 2.24) is 0 Å². The summed E-state index contributed by atoms with van der Waals surface area (Å²) >= 11 is 0. The van der Waals surface area contributed by atoms with Crippen molar-refractivity contribution in [2.24, 2.45) is 0 Å². The van der Waals surface area contributed by atoms with Crippen LogP contribution >= 0.6 is 0 Å². The molecule has 0 amide bonds. The lowest BCUT2D eigenvalue weighted by Gasteiger charge is -2.08. The molecule has 0 aliphatic rings. The van der Waals surface area contributed by atoms with E-state index in [4.69, 9.17) is 4.74 Å². The Morgan fingerprint density at radius 2 is 2.14 bits per heavy atom. The molecule has 0 heterocycles. The van der Waals surface area contributed by atoms with Crippen LogP contribution in [0, 0.1) is 0 Å². The minimum atomic E-state index is -0.284. The number of hydrogen-bond acceptors (Lipinski definition) is 2. The predicted molar refractivity (Wildman–Crippen MR) is 58.7 cm³/mol. The maximum atomic E-state index is 10.8. The van der Waals surface area contributed by atoms with Gasteiger partial charge < -0.3 is 4.74 Å². The van der Waals surface area contributed by atoms with Gasteiger partial charge in [-0.05, 0) is 31.4 Å². The number of rotatable bonds is 5. The smallest absolute Gasteiger partial charge is 0.308 e. The van der Waals surface area contributed by atoms with Crippen LogP contribution in [0.25, 0.3) is 0 Å². The molecule has 0 fully saturated rings. The Kier molecular flexibility index (Phi) is 6.46. The molecule has 14 heavy (non-hydrogen) atoms. The van der Waals surface area contributed by atoms with Gasteiger partial charge in [0.05, 0.1) is 0 Å². The highest BCUT2D eigenvalue weighted by atomic mass is 16.5. The lowest BCUT2D eigenvalue weighted by molar-refractivity contribution is -0.136. The standard InChI is InChI=1S/C12H18O2/c1-5-8-11(7-3)12(9-6-2)14-10(4)13/h5-6,9H,1,7-8H2,2-4H3/b9-6-,12-11-. The average molecular weight is 194 g/mol. The van der Waals surface area contributed by atoms with Crippen LogP contribution in [-0.2, 0) is 9.53 Å². The van der Waals surface area contributed by atoms with Gasteiger partial charge in [0, 0.05) is 6.92 Å². The van der Waals surface area contributed by atoms with E-state index >= 15 is 0 Å². The highest BCUT2D eigenvalue weighted by molar-refractivity contribution is 5.68. The van der Waals surface area contributed by atoms with Crippen LogP contribution in [0.15, 0.2) is 36.1 Å². The molecule has 0 rings (SSSR count). The van der Waals surface area contributed by atoms with Gasteiger partial charge in [0.2, 0.25) is 0 Å². The first-order valence-electron chi connectivity index (χ1n) is 4.79. The zero-order chi connectivity index (χ0) is 11.0. The molecule has 0 N–H and O–H groups in total. The normalized spacial score (nSPS) is 12.5. The lowest BCUT2D eigenvalue weighted by atomic mass is 10.1. The zero-order valence-corrected chi connectivity index (χ0v) is 9.17. The van der Waals surface area contributed by atoms with Gasteiger partial charge in [0.1, 0.15) is 5.76 Å². The fourth-order valence-electron chi connectivity index (χ4n) is 1.12. The van der Waals surface area contributed by atoms with Gasteiger partial charge in [0.15, 0.2) is 0 Å². The molecule has 2 nitrogen and oxygen atoms in total. The quantitative estimate of drug-likeness (QED) is 0.290. The molecule has 0 aliphatic carbocycles. The summed E-state index contributed by atoms with van der Waals surface area (Å²) in [5.74, 6) is 0.371. The molecule has 0 aromatic rings. The molecule has 0 spiro atoms. The second-order valence-corrected chi connectivity index (χ2v) is 2.91. The minimum Gasteiger partial charge on any atom is -0.427 e. The largest absolute Gasteiger partial charge is 0.427 e. The van der Waals surface area contributed by atoms with Crippen molar-refractivity contribution in [3.05, 3.63) is 36.1 Å². The van der Waals surface area contributed by atoms with Gasteiger partial charge in [-0.2, -0.15) is 0 Å². The first-order chi connectivity index (χ1) is 6.65. The predicted octanol–water partition coefficient (Wildman–Crippen LogP) is 3.37. The molecular weight excluding hydrogens is 176 g/mol. The second-order valence-electron chi connectivity index (χ2n) is 2.91. The molecule has 78 valence electrons. The number of carbonyl (C=O) groups is 1. The Morgan fingerprint density at radius 1 is 1.50 bits per heavy atom. The summed E-state index contributed by atoms with van der Waals surface area (Å²) in [6.45, 7) is 9.01. The molecule has 0 saturated heterocycles. The summed E-state index contributed by atoms with van der Waals surface area (Å²) in [6.07, 6.45) is 7.09. The van der Waals surface area contributed by atoms with Crippen LogP contribution in [0.4, 0.5) is 0 Å². The molecule has 0 radical (unpaired) electrons. The second kappa shape index (κ2) is 7.13. The molecule has 0 aliphatic heterocycles. The van der Waals surface area contributed by atoms with Crippen LogP contribution in [0.3, 0.4) is 0 Å². The molecule has 0 aromatic carbocycles. The first kappa shape index (κ1) is 12.7. The summed E-state index contributed by atoms with van der Waals surface area (Å²) < 4.78 is 5.10.